The second-order valence-electron chi connectivity index (χ2n) is 5.93. The molecular weight excluding hydrogens is 322 g/mol. The first-order chi connectivity index (χ1) is 11.7. The molecule has 0 atom stereocenters. The molecule has 1 fully saturated rings. The van der Waals surface area contributed by atoms with Gasteiger partial charge in [-0.1, -0.05) is 0 Å². The van der Waals surface area contributed by atoms with E-state index in [0.29, 0.717) is 6.54 Å². The van der Waals surface area contributed by atoms with Crippen LogP contribution < -0.4 is 5.32 Å². The van der Waals surface area contributed by atoms with E-state index in [0.717, 1.165) is 50.0 Å². The Bertz CT molecular complexity index is 652. The van der Waals surface area contributed by atoms with Crippen LogP contribution in [0.1, 0.15) is 10.6 Å². The summed E-state index contributed by atoms with van der Waals surface area (Å²) in [5, 5.41) is 6.06. The zero-order valence-electron chi connectivity index (χ0n) is 13.9. The number of carbonyl (C=O) groups is 1. The van der Waals surface area contributed by atoms with Crippen LogP contribution in [-0.2, 0) is 11.2 Å². The summed E-state index contributed by atoms with van der Waals surface area (Å²) in [6, 6.07) is 4.12. The molecule has 0 saturated carbocycles. The monoisotopic (exact) mass is 345 g/mol. The van der Waals surface area contributed by atoms with Crippen molar-refractivity contribution in [2.24, 2.45) is 0 Å². The van der Waals surface area contributed by atoms with Crippen LogP contribution >= 0.6 is 11.3 Å². The third kappa shape index (κ3) is 4.75. The van der Waals surface area contributed by atoms with Gasteiger partial charge in [-0.15, -0.1) is 11.3 Å². The number of hydrogen-bond acceptors (Lipinski definition) is 6. The van der Waals surface area contributed by atoms with Gasteiger partial charge in [-0.2, -0.15) is 0 Å². The van der Waals surface area contributed by atoms with Gasteiger partial charge in [0, 0.05) is 50.5 Å². The van der Waals surface area contributed by atoms with Crippen LogP contribution in [0.2, 0.25) is 0 Å². The predicted octanol–water partition coefficient (Wildman–Crippen LogP) is 1.65. The highest BCUT2D eigenvalue weighted by Gasteiger charge is 2.20. The molecule has 1 aliphatic heterocycles. The first-order valence-electron chi connectivity index (χ1n) is 8.26. The molecule has 1 N–H and O–H groups in total. The molecule has 6 nitrogen and oxygen atoms in total. The molecule has 0 unspecified atom stereocenters. The van der Waals surface area contributed by atoms with E-state index >= 15 is 0 Å². The number of nitrogens with zero attached hydrogens (tertiary/aromatic N) is 4. The first kappa shape index (κ1) is 16.9. The zero-order valence-corrected chi connectivity index (χ0v) is 14.8. The fourth-order valence-electron chi connectivity index (χ4n) is 2.78. The van der Waals surface area contributed by atoms with Gasteiger partial charge in [0.25, 0.3) is 0 Å². The standard InChI is InChI=1S/C17H23N5OS/c1-14-20-16(13-24-14)19-12-17(23)22-10-8-21(9-11-22)7-4-15-2-5-18-6-3-15/h2-3,5-6,13,19H,4,7-12H2,1H3. The van der Waals surface area contributed by atoms with Gasteiger partial charge >= 0.3 is 0 Å². The molecule has 7 heteroatoms. The van der Waals surface area contributed by atoms with Crippen LogP contribution in [0.5, 0.6) is 0 Å². The third-order valence-corrected chi connectivity index (χ3v) is 5.00. The zero-order chi connectivity index (χ0) is 16.8. The first-order valence-corrected chi connectivity index (χ1v) is 9.14. The van der Waals surface area contributed by atoms with E-state index in [4.69, 9.17) is 0 Å². The summed E-state index contributed by atoms with van der Waals surface area (Å²) in [5.74, 6) is 0.941. The number of hydrogen-bond donors (Lipinski definition) is 1. The fraction of sp³-hybridized carbons (Fsp3) is 0.471. The van der Waals surface area contributed by atoms with E-state index in [2.05, 4.69) is 32.3 Å². The molecule has 3 rings (SSSR count). The summed E-state index contributed by atoms with van der Waals surface area (Å²) in [4.78, 5) is 25.0. The minimum absolute atomic E-state index is 0.148. The van der Waals surface area contributed by atoms with Gasteiger partial charge in [-0.3, -0.25) is 14.7 Å². The molecule has 0 aromatic carbocycles. The minimum Gasteiger partial charge on any atom is -0.360 e. The lowest BCUT2D eigenvalue weighted by atomic mass is 10.2. The largest absolute Gasteiger partial charge is 0.360 e. The fourth-order valence-corrected chi connectivity index (χ4v) is 3.35. The molecule has 1 amide bonds. The Balaban J connectivity index is 1.37. The highest BCUT2D eigenvalue weighted by Crippen LogP contribution is 2.12. The lowest BCUT2D eigenvalue weighted by molar-refractivity contribution is -0.131. The lowest BCUT2D eigenvalue weighted by Gasteiger charge is -2.34. The number of rotatable bonds is 6. The molecule has 24 heavy (non-hydrogen) atoms. The van der Waals surface area contributed by atoms with Crippen molar-refractivity contribution in [3.8, 4) is 0 Å². The number of thiazole rings is 1. The molecular formula is C17H23N5OS. The Hall–Kier alpha value is -1.99. The van der Waals surface area contributed by atoms with Gasteiger partial charge in [0.2, 0.25) is 5.91 Å². The molecule has 2 aromatic heterocycles. The highest BCUT2D eigenvalue weighted by molar-refractivity contribution is 7.09. The van der Waals surface area contributed by atoms with Crippen LogP contribution in [0, 0.1) is 6.92 Å². The molecule has 2 aromatic rings. The molecule has 128 valence electrons. The van der Waals surface area contributed by atoms with Crippen LogP contribution in [0.15, 0.2) is 29.9 Å². The maximum absolute atomic E-state index is 12.3. The highest BCUT2D eigenvalue weighted by atomic mass is 32.1. The lowest BCUT2D eigenvalue weighted by Crippen LogP contribution is -2.50. The normalized spacial score (nSPS) is 15.5. The minimum atomic E-state index is 0.148. The summed E-state index contributed by atoms with van der Waals surface area (Å²) in [6.45, 7) is 6.78. The van der Waals surface area contributed by atoms with Crippen molar-refractivity contribution in [1.82, 2.24) is 19.8 Å². The Morgan fingerprint density at radius 2 is 2.00 bits per heavy atom. The number of nitrogens with one attached hydrogen (secondary N) is 1. The number of pyridine rings is 1. The van der Waals surface area contributed by atoms with Crippen LogP contribution in [0.25, 0.3) is 0 Å². The van der Waals surface area contributed by atoms with Gasteiger partial charge in [-0.05, 0) is 31.0 Å². The quantitative estimate of drug-likeness (QED) is 0.862. The third-order valence-electron chi connectivity index (χ3n) is 4.23. The van der Waals surface area contributed by atoms with Crippen LogP contribution in [-0.4, -0.2) is 64.9 Å². The predicted molar refractivity (Wildman–Crippen MR) is 96.3 cm³/mol. The number of amides is 1. The Morgan fingerprint density at radius 1 is 1.25 bits per heavy atom. The summed E-state index contributed by atoms with van der Waals surface area (Å²) in [6.07, 6.45) is 4.70. The smallest absolute Gasteiger partial charge is 0.242 e. The van der Waals surface area contributed by atoms with Crippen molar-refractivity contribution in [1.29, 1.82) is 0 Å². The van der Waals surface area contributed by atoms with E-state index < -0.39 is 0 Å². The second kappa shape index (κ2) is 8.21. The van der Waals surface area contributed by atoms with E-state index in [1.54, 1.807) is 11.3 Å². The average molecular weight is 345 g/mol. The second-order valence-corrected chi connectivity index (χ2v) is 7.00. The Labute approximate surface area is 146 Å². The van der Waals surface area contributed by atoms with Crippen molar-refractivity contribution in [3.05, 3.63) is 40.5 Å². The van der Waals surface area contributed by atoms with Crippen molar-refractivity contribution in [3.63, 3.8) is 0 Å². The van der Waals surface area contributed by atoms with E-state index in [-0.39, 0.29) is 5.91 Å². The summed E-state index contributed by atoms with van der Waals surface area (Å²) < 4.78 is 0. The number of piperazine rings is 1. The number of aryl methyl sites for hydroxylation is 1. The maximum atomic E-state index is 12.3. The number of carbonyl (C=O) groups excluding carboxylic acids is 1. The topological polar surface area (TPSA) is 61.4 Å². The molecule has 0 spiro atoms. The molecule has 1 aliphatic rings. The summed E-state index contributed by atoms with van der Waals surface area (Å²) in [7, 11) is 0. The van der Waals surface area contributed by atoms with Crippen molar-refractivity contribution < 1.29 is 4.79 Å². The van der Waals surface area contributed by atoms with E-state index in [9.17, 15) is 4.79 Å². The van der Waals surface area contributed by atoms with Crippen LogP contribution in [0.4, 0.5) is 5.82 Å². The van der Waals surface area contributed by atoms with Gasteiger partial charge in [0.15, 0.2) is 0 Å². The summed E-state index contributed by atoms with van der Waals surface area (Å²) in [5.41, 5.74) is 1.31. The van der Waals surface area contributed by atoms with Crippen molar-refractivity contribution in [2.45, 2.75) is 13.3 Å². The van der Waals surface area contributed by atoms with Crippen molar-refractivity contribution in [2.75, 3.05) is 44.6 Å². The van der Waals surface area contributed by atoms with Crippen molar-refractivity contribution >= 4 is 23.1 Å². The SMILES string of the molecule is Cc1nc(NCC(=O)N2CCN(CCc3ccncc3)CC2)cs1. The molecule has 3 heterocycles. The van der Waals surface area contributed by atoms with Gasteiger partial charge in [0.05, 0.1) is 11.6 Å². The Morgan fingerprint density at radius 3 is 2.67 bits per heavy atom. The maximum Gasteiger partial charge on any atom is 0.242 e. The van der Waals surface area contributed by atoms with Crippen LogP contribution in [0.3, 0.4) is 0 Å². The molecule has 0 radical (unpaired) electrons. The molecule has 1 saturated heterocycles. The van der Waals surface area contributed by atoms with Gasteiger partial charge in [-0.25, -0.2) is 4.98 Å². The number of aromatic nitrogens is 2. The van der Waals surface area contributed by atoms with E-state index in [1.165, 1.54) is 5.56 Å². The van der Waals surface area contributed by atoms with Gasteiger partial charge in [0.1, 0.15) is 5.82 Å². The summed E-state index contributed by atoms with van der Waals surface area (Å²) >= 11 is 1.59. The average Bonchev–Trinajstić information content (AvgIpc) is 3.04. The van der Waals surface area contributed by atoms with Gasteiger partial charge < -0.3 is 10.2 Å². The van der Waals surface area contributed by atoms with E-state index in [1.807, 2.05) is 29.6 Å². The molecule has 0 aliphatic carbocycles. The Kier molecular flexibility index (Phi) is 5.77. The molecule has 0 bridgehead atoms. The number of anilines is 1.